The molecule has 3 aromatic carbocycles. The van der Waals surface area contributed by atoms with Crippen LogP contribution >= 0.6 is 11.8 Å². The second-order valence-electron chi connectivity index (χ2n) is 34.4. The van der Waals surface area contributed by atoms with Crippen molar-refractivity contribution in [3.8, 4) is 0 Å². The number of hydrogen-bond donors (Lipinski definition) is 17. The Bertz CT molecular complexity index is 5090. The number of likely N-dealkylation sites (N-methyl/N-ethyl adjacent to an activating group) is 5. The predicted octanol–water partition coefficient (Wildman–Crippen LogP) is -0.705. The van der Waals surface area contributed by atoms with Crippen LogP contribution in [0.25, 0.3) is 21.8 Å². The third-order valence-corrected chi connectivity index (χ3v) is 24.9. The van der Waals surface area contributed by atoms with Gasteiger partial charge < -0.3 is 115 Å². The summed E-state index contributed by atoms with van der Waals surface area (Å²) in [7, 11) is 6.65. The molecule has 0 unspecified atom stereocenters. The van der Waals surface area contributed by atoms with E-state index in [0.717, 1.165) is 31.4 Å². The molecule has 133 heavy (non-hydrogen) atoms. The van der Waals surface area contributed by atoms with Crippen molar-refractivity contribution in [2.45, 2.75) is 216 Å². The molecule has 13 atom stereocenters. The standard InChI is InChI=1S/C91H129N23O18S/c1-11-13-31-71-83(125)103-64(30-22-34-97-91(94)95)81(123)108-70(80(122)100-46-76(93)118)49-133-50-77(119)102-67(37-54-24-16-15-17-25-54)86(128)110(7)53(5)78(120)105-68(42-75(92)117)88(130)114-35-23-33-72(114)84(126)104-65(41-58-45-96-51-101-58)82(124)106-66(36-52(3)4)85(127)109(6)47-59(116)39-55(38-56-43-98-62-28-20-18-26-60(56)62)79(121)107-69(48-115)87(129)113(10)74(40-57-44-99-63-29-21-19-27-61(57)63)90(132)112(9)73(32-14-12-2)89(131)111(71)8/h15-21,24-29,43-45,51-53,55,64-74,98-99,115H,11-14,22-23,30-42,46-50H2,1-10H3,(H2,92,117)(H2,93,118)(H,96,101)(H,100,122)(H,102,119)(H,103,125)(H,104,126)(H,105,120)(H,106,124)(H,107,121)(H,108,123)(H4,94,95,97)/t53-,55+,64-,65-,66-,67-,68-,69-,70-,71-,72-,73-,74-/m0/s1. The first-order valence-electron chi connectivity index (χ1n) is 44.8. The minimum absolute atomic E-state index is 0.00261. The first kappa shape index (κ1) is 105. The fourth-order valence-corrected chi connectivity index (χ4v) is 17.2. The quantitative estimate of drug-likeness (QED) is 0.0181. The van der Waals surface area contributed by atoms with Crippen molar-refractivity contribution in [3.05, 3.63) is 126 Å². The molecule has 2 aliphatic heterocycles. The smallest absolute Gasteiger partial charge is 0.247 e. The number of benzene rings is 3. The topological polar surface area (TPSA) is 600 Å². The van der Waals surface area contributed by atoms with Crippen molar-refractivity contribution in [1.29, 1.82) is 5.41 Å². The van der Waals surface area contributed by atoms with Gasteiger partial charge in [-0.15, -0.1) is 11.8 Å². The van der Waals surface area contributed by atoms with Crippen LogP contribution in [0.4, 0.5) is 0 Å². The van der Waals surface area contributed by atoms with Gasteiger partial charge in [0.1, 0.15) is 72.5 Å². The molecule has 0 aliphatic carbocycles. The fraction of sp³-hybridized carbons (Fsp3) is 0.527. The summed E-state index contributed by atoms with van der Waals surface area (Å²) >= 11 is 0.799. The maximum absolute atomic E-state index is 15.9. The molecule has 2 fully saturated rings. The van der Waals surface area contributed by atoms with Gasteiger partial charge in [-0.05, 0) is 93.0 Å². The summed E-state index contributed by atoms with van der Waals surface area (Å²) in [5.41, 5.74) is 20.2. The molecule has 0 radical (unpaired) electrons. The third kappa shape index (κ3) is 30.1. The zero-order valence-electron chi connectivity index (χ0n) is 77.0. The lowest BCUT2D eigenvalue weighted by molar-refractivity contribution is -0.153. The van der Waals surface area contributed by atoms with Gasteiger partial charge in [-0.25, -0.2) is 4.98 Å². The number of Topliss-reactive ketones (excluding diaryl/α,β-unsaturated/α-hetero) is 1. The molecule has 5 heterocycles. The number of thioether (sulfide) groups is 1. The summed E-state index contributed by atoms with van der Waals surface area (Å²) < 4.78 is 0. The van der Waals surface area contributed by atoms with Crippen molar-refractivity contribution in [3.63, 3.8) is 0 Å². The zero-order valence-corrected chi connectivity index (χ0v) is 77.8. The van der Waals surface area contributed by atoms with Gasteiger partial charge in [0.2, 0.25) is 94.5 Å². The number of H-pyrrole nitrogens is 3. The first-order valence-corrected chi connectivity index (χ1v) is 46.0. The summed E-state index contributed by atoms with van der Waals surface area (Å²) in [5, 5.41) is 44.4. The third-order valence-electron chi connectivity index (χ3n) is 23.9. The lowest BCUT2D eigenvalue weighted by Crippen LogP contribution is -2.61. The van der Waals surface area contributed by atoms with E-state index in [0.29, 0.717) is 69.9 Å². The number of aliphatic hydroxyl groups excluding tert-OH is 1. The molecule has 16 amide bonds. The molecule has 0 spiro atoms. The number of aromatic amines is 3. The number of nitrogens with two attached hydrogens (primary N) is 3. The molecule has 0 saturated carbocycles. The van der Waals surface area contributed by atoms with E-state index in [1.807, 2.05) is 13.8 Å². The number of unbranched alkanes of at least 4 members (excludes halogenated alkanes) is 2. The van der Waals surface area contributed by atoms with Crippen LogP contribution in [0.5, 0.6) is 0 Å². The number of ketones is 1. The molecule has 6 aromatic rings. The molecule has 42 heteroatoms. The van der Waals surface area contributed by atoms with Gasteiger partial charge in [-0.3, -0.25) is 86.9 Å². The van der Waals surface area contributed by atoms with Gasteiger partial charge in [0.15, 0.2) is 11.7 Å². The van der Waals surface area contributed by atoms with Crippen LogP contribution in [-0.2, 0) is 107 Å². The lowest BCUT2D eigenvalue weighted by Gasteiger charge is -2.38. The van der Waals surface area contributed by atoms with Crippen molar-refractivity contribution in [1.82, 2.24) is 97.2 Å². The van der Waals surface area contributed by atoms with E-state index in [1.54, 1.807) is 105 Å². The highest BCUT2D eigenvalue weighted by molar-refractivity contribution is 8.00. The van der Waals surface area contributed by atoms with Crippen LogP contribution in [-0.4, -0.2) is 313 Å². The van der Waals surface area contributed by atoms with E-state index in [2.05, 4.69) is 67.8 Å². The Hall–Kier alpha value is -13.3. The van der Waals surface area contributed by atoms with Gasteiger partial charge in [-0.1, -0.05) is 120 Å². The highest BCUT2D eigenvalue weighted by Gasteiger charge is 2.45. The van der Waals surface area contributed by atoms with E-state index in [-0.39, 0.29) is 89.6 Å². The van der Waals surface area contributed by atoms with Gasteiger partial charge >= 0.3 is 0 Å². The van der Waals surface area contributed by atoms with Crippen molar-refractivity contribution in [2.75, 3.05) is 79.5 Å². The summed E-state index contributed by atoms with van der Waals surface area (Å²) in [6.45, 7) is 6.14. The second kappa shape index (κ2) is 50.9. The molecule has 20 N–H and O–H groups in total. The van der Waals surface area contributed by atoms with Crippen LogP contribution in [0.3, 0.4) is 0 Å². The Morgan fingerprint density at radius 2 is 1.13 bits per heavy atom. The average Bonchev–Trinajstić information content (AvgIpc) is 1.72. The second-order valence-corrected chi connectivity index (χ2v) is 35.4. The predicted molar refractivity (Wildman–Crippen MR) is 495 cm³/mol. The van der Waals surface area contributed by atoms with Crippen LogP contribution in [0.15, 0.2) is 104 Å². The number of guanidine groups is 1. The summed E-state index contributed by atoms with van der Waals surface area (Å²) in [5.74, 6) is -17.8. The number of carbonyl (C=O) groups is 17. The molecule has 2 aliphatic rings. The first-order chi connectivity index (χ1) is 63.3. The van der Waals surface area contributed by atoms with E-state index in [1.165, 1.54) is 64.5 Å². The fourth-order valence-electron chi connectivity index (χ4n) is 16.3. The van der Waals surface area contributed by atoms with E-state index in [9.17, 15) is 62.6 Å². The molecular formula is C91H129N23O18S. The number of fused-ring (bicyclic) bond motifs is 3. The number of imidazole rings is 1. The Morgan fingerprint density at radius 3 is 1.74 bits per heavy atom. The Morgan fingerprint density at radius 1 is 0.556 bits per heavy atom. The Balaban J connectivity index is 1.19. The minimum atomic E-state index is -1.80. The molecule has 722 valence electrons. The van der Waals surface area contributed by atoms with Gasteiger partial charge in [0.05, 0.1) is 38.2 Å². The number of para-hydroxylation sites is 2. The van der Waals surface area contributed by atoms with E-state index >= 15 is 24.0 Å². The number of primary amides is 2. The molecule has 2 saturated heterocycles. The molecule has 0 bridgehead atoms. The summed E-state index contributed by atoms with van der Waals surface area (Å²) in [4.78, 5) is 270. The number of hydrogen-bond acceptors (Lipinski definition) is 21. The van der Waals surface area contributed by atoms with Gasteiger partial charge in [0.25, 0.3) is 0 Å². The van der Waals surface area contributed by atoms with E-state index in [4.69, 9.17) is 22.6 Å². The van der Waals surface area contributed by atoms with E-state index < -0.39 is 229 Å². The summed E-state index contributed by atoms with van der Waals surface area (Å²) in [6.07, 6.45) is 5.78. The largest absolute Gasteiger partial charge is 0.394 e. The highest BCUT2D eigenvalue weighted by atomic mass is 32.2. The maximum atomic E-state index is 15.9. The van der Waals surface area contributed by atoms with Gasteiger partial charge in [-0.2, -0.15) is 0 Å². The molecule has 41 nitrogen and oxygen atoms in total. The zero-order chi connectivity index (χ0) is 97.4. The lowest BCUT2D eigenvalue weighted by atomic mass is 9.92. The van der Waals surface area contributed by atoms with Crippen molar-refractivity contribution >= 4 is 140 Å². The number of carbonyl (C=O) groups excluding carboxylic acids is 17. The van der Waals surface area contributed by atoms with Crippen molar-refractivity contribution in [2.24, 2.45) is 29.0 Å². The average molecular weight is 1870 g/mol. The van der Waals surface area contributed by atoms with Crippen LogP contribution in [0.1, 0.15) is 140 Å². The number of aromatic nitrogens is 4. The Labute approximate surface area is 776 Å². The number of nitrogens with one attached hydrogen (secondary N) is 13. The molecule has 8 rings (SSSR count). The summed E-state index contributed by atoms with van der Waals surface area (Å²) in [6, 6.07) is 4.85. The van der Waals surface area contributed by atoms with Crippen LogP contribution < -0.4 is 65.1 Å². The number of amides is 16. The molecule has 3 aromatic heterocycles. The van der Waals surface area contributed by atoms with Crippen LogP contribution in [0.2, 0.25) is 0 Å². The molecular weight excluding hydrogens is 1740 g/mol. The Kier molecular flexibility index (Phi) is 40.2. The maximum Gasteiger partial charge on any atom is 0.247 e. The van der Waals surface area contributed by atoms with Crippen LogP contribution in [0, 0.1) is 17.2 Å². The monoisotopic (exact) mass is 1860 g/mol. The number of rotatable bonds is 26. The SMILES string of the molecule is CCCC[C@H]1C(=O)N[C@@H](CCCNC(=N)N)C(=O)N[C@H](C(=O)NCC(N)=O)CSCC(=O)N[C@@H](Cc2ccccc2)C(=O)N(C)[C@@H](C)C(=O)N[C@@H](CC(N)=O)C(=O)N2CCC[C@H]2C(=O)N[C@@H](Cc2cnc[nH]2)C(=O)N[C@@H](CC(C)C)C(=O)N(C)CC(=O)C[C@@H](Cc2c[nH]c3ccccc23)C(=O)N[C@@H](CO)C(=O)N(C)[C@@H](Cc2c[nH]c3ccccc23)C(=O)N(C)[C@@H](CCCC)C(=O)N1C. The number of aliphatic hydroxyl groups is 1. The number of nitrogens with zero attached hydrogens (tertiary/aromatic N) is 7. The minimum Gasteiger partial charge on any atom is -0.394 e. The van der Waals surface area contributed by atoms with Gasteiger partial charge in [0, 0.05) is 132 Å². The van der Waals surface area contributed by atoms with Crippen molar-refractivity contribution < 1.29 is 86.6 Å². The highest BCUT2D eigenvalue weighted by Crippen LogP contribution is 2.28. The normalized spacial score (nSPS) is 23.6.